The topological polar surface area (TPSA) is 48.3 Å². The molecule has 5 nitrogen and oxygen atoms in total. The summed E-state index contributed by atoms with van der Waals surface area (Å²) in [6.07, 6.45) is 3.77. The van der Waals surface area contributed by atoms with E-state index in [1.807, 2.05) is 23.0 Å². The summed E-state index contributed by atoms with van der Waals surface area (Å²) in [7, 11) is 0. The van der Waals surface area contributed by atoms with E-state index in [1.54, 1.807) is 6.20 Å². The van der Waals surface area contributed by atoms with Crippen molar-refractivity contribution in [3.63, 3.8) is 0 Å². The number of aromatic nitrogens is 2. The Morgan fingerprint density at radius 1 is 1.38 bits per heavy atom. The van der Waals surface area contributed by atoms with Gasteiger partial charge in [0.2, 0.25) is 0 Å². The van der Waals surface area contributed by atoms with Gasteiger partial charge in [0, 0.05) is 25.0 Å². The highest BCUT2D eigenvalue weighted by Crippen LogP contribution is 2.38. The quantitative estimate of drug-likeness (QED) is 0.899. The van der Waals surface area contributed by atoms with E-state index in [9.17, 15) is 0 Å². The summed E-state index contributed by atoms with van der Waals surface area (Å²) in [6, 6.07) is 6.37. The highest BCUT2D eigenvalue weighted by Gasteiger charge is 2.16. The van der Waals surface area contributed by atoms with Gasteiger partial charge < -0.3 is 14.8 Å². The van der Waals surface area contributed by atoms with Gasteiger partial charge >= 0.3 is 0 Å². The molecule has 1 N–H and O–H groups in total. The van der Waals surface area contributed by atoms with Crippen molar-refractivity contribution >= 4 is 15.9 Å². The summed E-state index contributed by atoms with van der Waals surface area (Å²) in [5, 5.41) is 7.71. The maximum Gasteiger partial charge on any atom is 0.175 e. The minimum Gasteiger partial charge on any atom is -0.486 e. The molecule has 0 bridgehead atoms. The zero-order valence-electron chi connectivity index (χ0n) is 11.9. The van der Waals surface area contributed by atoms with Crippen molar-refractivity contribution in [2.75, 3.05) is 13.2 Å². The average Bonchev–Trinajstić information content (AvgIpc) is 2.98. The molecule has 1 unspecified atom stereocenters. The number of benzene rings is 1. The van der Waals surface area contributed by atoms with Crippen LogP contribution in [0.3, 0.4) is 0 Å². The molecule has 21 heavy (non-hydrogen) atoms. The molecule has 0 amide bonds. The van der Waals surface area contributed by atoms with Gasteiger partial charge in [-0.3, -0.25) is 4.68 Å². The van der Waals surface area contributed by atoms with Crippen LogP contribution in [0, 0.1) is 0 Å². The zero-order valence-corrected chi connectivity index (χ0v) is 13.5. The van der Waals surface area contributed by atoms with Crippen LogP contribution in [-0.2, 0) is 13.1 Å². The molecule has 0 saturated heterocycles. The van der Waals surface area contributed by atoms with Gasteiger partial charge in [0.25, 0.3) is 0 Å². The molecule has 0 spiro atoms. The van der Waals surface area contributed by atoms with Crippen molar-refractivity contribution in [3.05, 3.63) is 40.6 Å². The van der Waals surface area contributed by atoms with Crippen LogP contribution in [0.1, 0.15) is 12.5 Å². The van der Waals surface area contributed by atoms with E-state index in [0.717, 1.165) is 29.1 Å². The molecule has 2 heterocycles. The summed E-state index contributed by atoms with van der Waals surface area (Å²) < 4.78 is 14.1. The predicted molar refractivity (Wildman–Crippen MR) is 83.7 cm³/mol. The monoisotopic (exact) mass is 351 g/mol. The summed E-state index contributed by atoms with van der Waals surface area (Å²) in [5.74, 6) is 1.61. The second-order valence-electron chi connectivity index (χ2n) is 5.11. The SMILES string of the molecule is CC(Cn1cccn1)NCc1cc(Br)c2c(c1)OCCO2. The third kappa shape index (κ3) is 3.57. The number of halogens is 1. The highest BCUT2D eigenvalue weighted by atomic mass is 79.9. The number of rotatable bonds is 5. The molecule has 0 fully saturated rings. The van der Waals surface area contributed by atoms with Crippen LogP contribution < -0.4 is 14.8 Å². The molecule has 0 aliphatic carbocycles. The number of fused-ring (bicyclic) bond motifs is 1. The van der Waals surface area contributed by atoms with E-state index in [2.05, 4.69) is 39.3 Å². The molecule has 6 heteroatoms. The molecule has 112 valence electrons. The van der Waals surface area contributed by atoms with Crippen molar-refractivity contribution < 1.29 is 9.47 Å². The summed E-state index contributed by atoms with van der Waals surface area (Å²) >= 11 is 3.54. The van der Waals surface area contributed by atoms with E-state index in [0.29, 0.717) is 19.3 Å². The first-order chi connectivity index (χ1) is 10.2. The van der Waals surface area contributed by atoms with Gasteiger partial charge in [-0.1, -0.05) is 0 Å². The highest BCUT2D eigenvalue weighted by molar-refractivity contribution is 9.10. The van der Waals surface area contributed by atoms with Gasteiger partial charge in [-0.25, -0.2) is 0 Å². The Labute approximate surface area is 132 Å². The van der Waals surface area contributed by atoms with Crippen LogP contribution in [-0.4, -0.2) is 29.0 Å². The lowest BCUT2D eigenvalue weighted by Gasteiger charge is -2.21. The van der Waals surface area contributed by atoms with Gasteiger partial charge in [-0.15, -0.1) is 0 Å². The van der Waals surface area contributed by atoms with Crippen LogP contribution in [0.15, 0.2) is 35.1 Å². The minimum absolute atomic E-state index is 0.330. The molecule has 1 atom stereocenters. The second kappa shape index (κ2) is 6.49. The lowest BCUT2D eigenvalue weighted by Crippen LogP contribution is -2.30. The first kappa shape index (κ1) is 14.4. The molecule has 3 rings (SSSR count). The fourth-order valence-corrected chi connectivity index (χ4v) is 2.92. The Kier molecular flexibility index (Phi) is 4.45. The maximum atomic E-state index is 5.64. The van der Waals surface area contributed by atoms with E-state index in [4.69, 9.17) is 9.47 Å². The number of nitrogens with zero attached hydrogens (tertiary/aromatic N) is 2. The molecule has 2 aromatic rings. The van der Waals surface area contributed by atoms with E-state index in [1.165, 1.54) is 5.56 Å². The molecule has 1 aliphatic heterocycles. The molecule has 1 aromatic heterocycles. The summed E-state index contributed by atoms with van der Waals surface area (Å²) in [5.41, 5.74) is 1.17. The molecular weight excluding hydrogens is 334 g/mol. The lowest BCUT2D eigenvalue weighted by atomic mass is 10.2. The number of ether oxygens (including phenoxy) is 2. The maximum absolute atomic E-state index is 5.64. The Balaban J connectivity index is 1.61. The Morgan fingerprint density at radius 2 is 2.24 bits per heavy atom. The van der Waals surface area contributed by atoms with Gasteiger partial charge in [0.15, 0.2) is 11.5 Å². The predicted octanol–water partition coefficient (Wildman–Crippen LogP) is 2.60. The molecule has 1 aliphatic rings. The molecule has 0 radical (unpaired) electrons. The normalized spacial score (nSPS) is 15.0. The van der Waals surface area contributed by atoms with Gasteiger partial charge in [-0.2, -0.15) is 5.10 Å². The minimum atomic E-state index is 0.330. The van der Waals surface area contributed by atoms with Crippen LogP contribution in [0.25, 0.3) is 0 Å². The van der Waals surface area contributed by atoms with Gasteiger partial charge in [0.1, 0.15) is 13.2 Å². The third-order valence-electron chi connectivity index (χ3n) is 3.33. The van der Waals surface area contributed by atoms with Crippen molar-refractivity contribution in [1.82, 2.24) is 15.1 Å². The van der Waals surface area contributed by atoms with E-state index in [-0.39, 0.29) is 0 Å². The third-order valence-corrected chi connectivity index (χ3v) is 3.92. The fraction of sp³-hybridized carbons (Fsp3) is 0.400. The summed E-state index contributed by atoms with van der Waals surface area (Å²) in [6.45, 7) is 4.97. The second-order valence-corrected chi connectivity index (χ2v) is 5.97. The largest absolute Gasteiger partial charge is 0.486 e. The van der Waals surface area contributed by atoms with Crippen molar-refractivity contribution in [2.24, 2.45) is 0 Å². The molecule has 1 aromatic carbocycles. The van der Waals surface area contributed by atoms with Crippen LogP contribution in [0.5, 0.6) is 11.5 Å². The van der Waals surface area contributed by atoms with Gasteiger partial charge in [0.05, 0.1) is 11.0 Å². The standard InChI is InChI=1S/C15H18BrN3O2/c1-11(10-19-4-2-3-18-19)17-9-12-7-13(16)15-14(8-12)20-5-6-21-15/h2-4,7-8,11,17H,5-6,9-10H2,1H3. The fourth-order valence-electron chi connectivity index (χ4n) is 2.31. The average molecular weight is 352 g/mol. The first-order valence-electron chi connectivity index (χ1n) is 7.01. The van der Waals surface area contributed by atoms with Crippen LogP contribution >= 0.6 is 15.9 Å². The Bertz CT molecular complexity index is 601. The Morgan fingerprint density at radius 3 is 3.05 bits per heavy atom. The lowest BCUT2D eigenvalue weighted by molar-refractivity contribution is 0.170. The molecular formula is C15H18BrN3O2. The van der Waals surface area contributed by atoms with Crippen molar-refractivity contribution in [3.8, 4) is 11.5 Å². The molecule has 0 saturated carbocycles. The first-order valence-corrected chi connectivity index (χ1v) is 7.80. The zero-order chi connectivity index (χ0) is 14.7. The van der Waals surface area contributed by atoms with Crippen molar-refractivity contribution in [1.29, 1.82) is 0 Å². The number of hydrogen-bond donors (Lipinski definition) is 1. The summed E-state index contributed by atoms with van der Waals surface area (Å²) in [4.78, 5) is 0. The number of hydrogen-bond acceptors (Lipinski definition) is 4. The van der Waals surface area contributed by atoms with Crippen molar-refractivity contribution in [2.45, 2.75) is 26.1 Å². The van der Waals surface area contributed by atoms with Crippen LogP contribution in [0.2, 0.25) is 0 Å². The smallest absolute Gasteiger partial charge is 0.175 e. The van der Waals surface area contributed by atoms with Crippen LogP contribution in [0.4, 0.5) is 0 Å². The Hall–Kier alpha value is -1.53. The van der Waals surface area contributed by atoms with E-state index >= 15 is 0 Å². The van der Waals surface area contributed by atoms with Gasteiger partial charge in [-0.05, 0) is 46.6 Å². The number of nitrogens with one attached hydrogen (secondary N) is 1. The van der Waals surface area contributed by atoms with E-state index < -0.39 is 0 Å².